The number of likely N-dealkylation sites (N-methyl/N-ethyl adjacent to an activating group) is 1. The van der Waals surface area contributed by atoms with Crippen LogP contribution >= 0.6 is 27.3 Å². The Morgan fingerprint density at radius 1 is 1.32 bits per heavy atom. The predicted octanol–water partition coefficient (Wildman–Crippen LogP) is 4.68. The van der Waals surface area contributed by atoms with E-state index >= 15 is 0 Å². The van der Waals surface area contributed by atoms with Gasteiger partial charge < -0.3 is 5.32 Å². The number of rotatable bonds is 5. The SMILES string of the molecule is CCNC(Cc1cccs1)c1c(F)ccc(Br)c1F. The summed E-state index contributed by atoms with van der Waals surface area (Å²) >= 11 is 4.70. The largest absolute Gasteiger partial charge is 0.310 e. The lowest BCUT2D eigenvalue weighted by Gasteiger charge is -2.19. The zero-order valence-electron chi connectivity index (χ0n) is 10.4. The molecule has 1 aromatic carbocycles. The van der Waals surface area contributed by atoms with Gasteiger partial charge in [-0.2, -0.15) is 0 Å². The van der Waals surface area contributed by atoms with Crippen molar-refractivity contribution in [3.63, 3.8) is 0 Å². The van der Waals surface area contributed by atoms with Crippen molar-refractivity contribution >= 4 is 27.3 Å². The highest BCUT2D eigenvalue weighted by molar-refractivity contribution is 9.10. The molecule has 0 radical (unpaired) electrons. The van der Waals surface area contributed by atoms with Gasteiger partial charge in [0.2, 0.25) is 0 Å². The zero-order valence-corrected chi connectivity index (χ0v) is 12.8. The van der Waals surface area contributed by atoms with Gasteiger partial charge >= 0.3 is 0 Å². The van der Waals surface area contributed by atoms with E-state index in [9.17, 15) is 8.78 Å². The van der Waals surface area contributed by atoms with Crippen molar-refractivity contribution in [1.82, 2.24) is 5.32 Å². The number of nitrogens with one attached hydrogen (secondary N) is 1. The average molecular weight is 346 g/mol. The van der Waals surface area contributed by atoms with Crippen LogP contribution in [0.4, 0.5) is 8.78 Å². The molecule has 0 amide bonds. The Labute approximate surface area is 123 Å². The van der Waals surface area contributed by atoms with E-state index in [4.69, 9.17) is 0 Å². The van der Waals surface area contributed by atoms with Gasteiger partial charge in [-0.3, -0.25) is 0 Å². The van der Waals surface area contributed by atoms with Crippen molar-refractivity contribution in [2.24, 2.45) is 0 Å². The number of benzene rings is 1. The number of hydrogen-bond donors (Lipinski definition) is 1. The molecule has 0 fully saturated rings. The second-order valence-electron chi connectivity index (χ2n) is 4.15. The first-order valence-electron chi connectivity index (χ1n) is 6.02. The van der Waals surface area contributed by atoms with Crippen LogP contribution in [-0.2, 0) is 6.42 Å². The van der Waals surface area contributed by atoms with Gasteiger partial charge in [0.1, 0.15) is 11.6 Å². The topological polar surface area (TPSA) is 12.0 Å². The van der Waals surface area contributed by atoms with Crippen molar-refractivity contribution in [2.45, 2.75) is 19.4 Å². The molecule has 102 valence electrons. The number of halogens is 3. The maximum absolute atomic E-state index is 14.1. The molecule has 0 aliphatic rings. The summed E-state index contributed by atoms with van der Waals surface area (Å²) < 4.78 is 28.4. The maximum atomic E-state index is 14.1. The van der Waals surface area contributed by atoms with Crippen molar-refractivity contribution < 1.29 is 8.78 Å². The monoisotopic (exact) mass is 345 g/mol. The third-order valence-corrected chi connectivity index (χ3v) is 4.37. The van der Waals surface area contributed by atoms with Crippen LogP contribution < -0.4 is 5.32 Å². The lowest BCUT2D eigenvalue weighted by atomic mass is 10.0. The quantitative estimate of drug-likeness (QED) is 0.775. The molecule has 5 heteroatoms. The Morgan fingerprint density at radius 2 is 2.11 bits per heavy atom. The lowest BCUT2D eigenvalue weighted by molar-refractivity contribution is 0.472. The van der Waals surface area contributed by atoms with Crippen molar-refractivity contribution in [3.8, 4) is 0 Å². The fourth-order valence-electron chi connectivity index (χ4n) is 2.01. The molecular weight excluding hydrogens is 332 g/mol. The van der Waals surface area contributed by atoms with Gasteiger partial charge in [-0.15, -0.1) is 11.3 Å². The van der Waals surface area contributed by atoms with E-state index < -0.39 is 11.6 Å². The maximum Gasteiger partial charge on any atom is 0.145 e. The standard InChI is InChI=1S/C14H14BrF2NS/c1-2-18-12(8-9-4-3-7-19-9)13-11(16)6-5-10(15)14(13)17/h3-7,12,18H,2,8H2,1H3. The van der Waals surface area contributed by atoms with Crippen LogP contribution in [0.2, 0.25) is 0 Å². The van der Waals surface area contributed by atoms with E-state index in [1.807, 2.05) is 24.4 Å². The highest BCUT2D eigenvalue weighted by Crippen LogP contribution is 2.29. The summed E-state index contributed by atoms with van der Waals surface area (Å²) in [6.45, 7) is 2.58. The minimum absolute atomic E-state index is 0.102. The molecule has 1 aromatic heterocycles. The van der Waals surface area contributed by atoms with E-state index in [1.54, 1.807) is 11.3 Å². The van der Waals surface area contributed by atoms with Crippen LogP contribution in [0.5, 0.6) is 0 Å². The minimum Gasteiger partial charge on any atom is -0.310 e. The molecule has 0 saturated heterocycles. The molecule has 1 nitrogen and oxygen atoms in total. The molecule has 0 saturated carbocycles. The molecule has 0 bridgehead atoms. The van der Waals surface area contributed by atoms with Gasteiger partial charge in [0.15, 0.2) is 0 Å². The van der Waals surface area contributed by atoms with Crippen LogP contribution in [0.1, 0.15) is 23.4 Å². The van der Waals surface area contributed by atoms with Crippen LogP contribution in [0.15, 0.2) is 34.1 Å². The van der Waals surface area contributed by atoms with E-state index in [2.05, 4.69) is 21.2 Å². The summed E-state index contributed by atoms with van der Waals surface area (Å²) in [7, 11) is 0. The molecule has 1 heterocycles. The molecule has 19 heavy (non-hydrogen) atoms. The third-order valence-electron chi connectivity index (χ3n) is 2.86. The van der Waals surface area contributed by atoms with Gasteiger partial charge in [0.25, 0.3) is 0 Å². The molecule has 1 N–H and O–H groups in total. The molecule has 0 spiro atoms. The van der Waals surface area contributed by atoms with E-state index in [0.717, 1.165) is 4.88 Å². The normalized spacial score (nSPS) is 12.6. The Bertz CT molecular complexity index is 543. The van der Waals surface area contributed by atoms with Gasteiger partial charge in [-0.05, 0) is 46.1 Å². The number of hydrogen-bond acceptors (Lipinski definition) is 2. The smallest absolute Gasteiger partial charge is 0.145 e. The highest BCUT2D eigenvalue weighted by atomic mass is 79.9. The first-order chi connectivity index (χ1) is 9.13. The van der Waals surface area contributed by atoms with Crippen molar-refractivity contribution in [1.29, 1.82) is 0 Å². The fraction of sp³-hybridized carbons (Fsp3) is 0.286. The van der Waals surface area contributed by atoms with Crippen molar-refractivity contribution in [2.75, 3.05) is 6.54 Å². The van der Waals surface area contributed by atoms with Crippen LogP contribution in [-0.4, -0.2) is 6.54 Å². The van der Waals surface area contributed by atoms with Gasteiger partial charge in [-0.25, -0.2) is 8.78 Å². The fourth-order valence-corrected chi connectivity index (χ4v) is 3.11. The van der Waals surface area contributed by atoms with Gasteiger partial charge in [0.05, 0.1) is 4.47 Å². The molecule has 0 aliphatic carbocycles. The molecule has 2 aromatic rings. The van der Waals surface area contributed by atoms with Crippen LogP contribution in [0.25, 0.3) is 0 Å². The number of thiophene rings is 1. The van der Waals surface area contributed by atoms with Crippen LogP contribution in [0, 0.1) is 11.6 Å². The molecule has 2 rings (SSSR count). The van der Waals surface area contributed by atoms with E-state index in [1.165, 1.54) is 12.1 Å². The zero-order chi connectivity index (χ0) is 13.8. The van der Waals surface area contributed by atoms with Crippen LogP contribution in [0.3, 0.4) is 0 Å². The lowest BCUT2D eigenvalue weighted by Crippen LogP contribution is -2.25. The summed E-state index contributed by atoms with van der Waals surface area (Å²) in [5.74, 6) is -1.04. The predicted molar refractivity (Wildman–Crippen MR) is 78.5 cm³/mol. The molecule has 1 unspecified atom stereocenters. The highest BCUT2D eigenvalue weighted by Gasteiger charge is 2.22. The summed E-state index contributed by atoms with van der Waals surface area (Å²) in [5, 5.41) is 5.12. The summed E-state index contributed by atoms with van der Waals surface area (Å²) in [5.41, 5.74) is 0.102. The molecule has 0 aliphatic heterocycles. The first kappa shape index (κ1) is 14.6. The summed E-state index contributed by atoms with van der Waals surface area (Å²) in [6.07, 6.45) is 0.579. The molecule has 1 atom stereocenters. The van der Waals surface area contributed by atoms with E-state index in [0.29, 0.717) is 13.0 Å². The second-order valence-corrected chi connectivity index (χ2v) is 6.04. The van der Waals surface area contributed by atoms with E-state index in [-0.39, 0.29) is 16.1 Å². The Kier molecular flexibility index (Phi) is 5.07. The summed E-state index contributed by atoms with van der Waals surface area (Å²) in [6, 6.07) is 6.24. The van der Waals surface area contributed by atoms with Gasteiger partial charge in [0, 0.05) is 22.9 Å². The van der Waals surface area contributed by atoms with Gasteiger partial charge in [-0.1, -0.05) is 13.0 Å². The summed E-state index contributed by atoms with van der Waals surface area (Å²) in [4.78, 5) is 1.10. The average Bonchev–Trinajstić information content (AvgIpc) is 2.87. The molecular formula is C14H14BrF2NS. The first-order valence-corrected chi connectivity index (χ1v) is 7.70. The van der Waals surface area contributed by atoms with Crippen molar-refractivity contribution in [3.05, 3.63) is 56.2 Å². The third kappa shape index (κ3) is 3.41. The Balaban J connectivity index is 2.36. The Morgan fingerprint density at radius 3 is 2.74 bits per heavy atom. The minimum atomic E-state index is -0.525. The second kappa shape index (κ2) is 6.59. The Hall–Kier alpha value is -0.780.